The van der Waals surface area contributed by atoms with Gasteiger partial charge in [-0.1, -0.05) is 48.2 Å². The number of allylic oxidation sites excluding steroid dienone is 1. The van der Waals surface area contributed by atoms with Crippen LogP contribution < -0.4 is 5.56 Å². The highest BCUT2D eigenvalue weighted by atomic mass is 32.2. The van der Waals surface area contributed by atoms with Gasteiger partial charge in [0.2, 0.25) is 0 Å². The largest absolute Gasteiger partial charge is 0.465 e. The Morgan fingerprint density at radius 3 is 2.81 bits per heavy atom. The van der Waals surface area contributed by atoms with E-state index in [9.17, 15) is 9.59 Å². The molecule has 0 aliphatic rings. The van der Waals surface area contributed by atoms with Crippen molar-refractivity contribution in [3.63, 3.8) is 0 Å². The molecule has 0 aliphatic heterocycles. The molecule has 1 unspecified atom stereocenters. The van der Waals surface area contributed by atoms with Crippen LogP contribution in [-0.4, -0.2) is 27.4 Å². The Bertz CT molecular complexity index is 1020. The third-order valence-electron chi connectivity index (χ3n) is 3.96. The molecule has 0 radical (unpaired) electrons. The lowest BCUT2D eigenvalue weighted by Crippen LogP contribution is -2.25. The predicted molar refractivity (Wildman–Crippen MR) is 111 cm³/mol. The molecule has 7 heteroatoms. The number of rotatable bonds is 7. The quantitative estimate of drug-likeness (QED) is 0.255. The van der Waals surface area contributed by atoms with Crippen molar-refractivity contribution in [2.75, 3.05) is 6.61 Å². The summed E-state index contributed by atoms with van der Waals surface area (Å²) in [5.74, 6) is -0.321. The zero-order valence-electron chi connectivity index (χ0n) is 15.2. The maximum Gasteiger partial charge on any atom is 0.319 e. The Hall–Kier alpha value is -2.38. The summed E-state index contributed by atoms with van der Waals surface area (Å²) >= 11 is 2.66. The summed E-state index contributed by atoms with van der Waals surface area (Å²) in [6.45, 7) is 7.91. The van der Waals surface area contributed by atoms with Crippen LogP contribution in [0.15, 0.2) is 58.3 Å². The topological polar surface area (TPSA) is 61.2 Å². The number of carbonyl (C=O) groups is 1. The predicted octanol–water partition coefficient (Wildman–Crippen LogP) is 4.35. The van der Waals surface area contributed by atoms with Crippen LogP contribution in [0, 0.1) is 0 Å². The normalized spacial score (nSPS) is 12.1. The van der Waals surface area contributed by atoms with E-state index in [0.29, 0.717) is 28.5 Å². The number of carbonyl (C=O) groups excluding carboxylic acids is 1. The van der Waals surface area contributed by atoms with Crippen LogP contribution in [0.2, 0.25) is 0 Å². The molecule has 0 bridgehead atoms. The number of hydrogen-bond acceptors (Lipinski definition) is 6. The van der Waals surface area contributed by atoms with E-state index in [2.05, 4.69) is 11.6 Å². The van der Waals surface area contributed by atoms with Crippen molar-refractivity contribution < 1.29 is 9.53 Å². The lowest BCUT2D eigenvalue weighted by Gasteiger charge is -2.14. The van der Waals surface area contributed by atoms with E-state index in [1.807, 2.05) is 35.7 Å². The lowest BCUT2D eigenvalue weighted by molar-refractivity contribution is -0.142. The molecule has 27 heavy (non-hydrogen) atoms. The molecule has 0 saturated heterocycles. The summed E-state index contributed by atoms with van der Waals surface area (Å²) in [5.41, 5.74) is 1.73. The first kappa shape index (κ1) is 19.4. The van der Waals surface area contributed by atoms with Gasteiger partial charge in [-0.15, -0.1) is 17.9 Å². The minimum absolute atomic E-state index is 0.126. The van der Waals surface area contributed by atoms with E-state index in [0.717, 1.165) is 11.1 Å². The minimum Gasteiger partial charge on any atom is -0.465 e. The third kappa shape index (κ3) is 3.99. The number of hydrogen-bond donors (Lipinski definition) is 0. The Labute approximate surface area is 165 Å². The van der Waals surface area contributed by atoms with E-state index in [4.69, 9.17) is 4.74 Å². The zero-order valence-corrected chi connectivity index (χ0v) is 16.8. The lowest BCUT2D eigenvalue weighted by atomic mass is 10.1. The molecule has 0 N–H and O–H groups in total. The average molecular weight is 401 g/mol. The third-order valence-corrected chi connectivity index (χ3v) is 5.90. The van der Waals surface area contributed by atoms with Crippen LogP contribution >= 0.6 is 23.1 Å². The van der Waals surface area contributed by atoms with Gasteiger partial charge < -0.3 is 4.74 Å². The van der Waals surface area contributed by atoms with Crippen LogP contribution in [0.3, 0.4) is 0 Å². The van der Waals surface area contributed by atoms with Crippen LogP contribution in [0.4, 0.5) is 0 Å². The maximum atomic E-state index is 13.2. The van der Waals surface area contributed by atoms with Crippen LogP contribution in [0.5, 0.6) is 0 Å². The van der Waals surface area contributed by atoms with Gasteiger partial charge in [0.1, 0.15) is 10.1 Å². The van der Waals surface area contributed by atoms with Gasteiger partial charge >= 0.3 is 5.97 Å². The van der Waals surface area contributed by atoms with Gasteiger partial charge in [-0.3, -0.25) is 14.2 Å². The van der Waals surface area contributed by atoms with Crippen molar-refractivity contribution in [3.05, 3.63) is 58.7 Å². The van der Waals surface area contributed by atoms with E-state index in [1.54, 1.807) is 24.5 Å². The van der Waals surface area contributed by atoms with Crippen LogP contribution in [-0.2, 0) is 16.1 Å². The number of thioether (sulfide) groups is 1. The molecule has 140 valence electrons. The number of thiophene rings is 1. The van der Waals surface area contributed by atoms with Crippen molar-refractivity contribution in [3.8, 4) is 11.1 Å². The fourth-order valence-corrected chi connectivity index (χ4v) is 4.59. The first-order valence-corrected chi connectivity index (χ1v) is 10.3. The summed E-state index contributed by atoms with van der Waals surface area (Å²) in [4.78, 5) is 30.5. The van der Waals surface area contributed by atoms with Gasteiger partial charge in [-0.05, 0) is 19.4 Å². The SMILES string of the molecule is C=CCn1c(SC(C)C(=O)OCC)nc2scc(-c3ccccc3)c2c1=O. The molecule has 3 aromatic rings. The van der Waals surface area contributed by atoms with Crippen molar-refractivity contribution in [2.45, 2.75) is 30.8 Å². The maximum absolute atomic E-state index is 13.2. The second kappa shape index (κ2) is 8.54. The summed E-state index contributed by atoms with van der Waals surface area (Å²) in [7, 11) is 0. The molecule has 0 spiro atoms. The van der Waals surface area contributed by atoms with Gasteiger partial charge in [0.25, 0.3) is 5.56 Å². The molecule has 1 aromatic carbocycles. The first-order valence-electron chi connectivity index (χ1n) is 8.58. The number of benzene rings is 1. The number of aromatic nitrogens is 2. The molecule has 0 fully saturated rings. The van der Waals surface area contributed by atoms with Crippen LogP contribution in [0.1, 0.15) is 13.8 Å². The highest BCUT2D eigenvalue weighted by Crippen LogP contribution is 2.32. The van der Waals surface area contributed by atoms with Crippen molar-refractivity contribution >= 4 is 39.3 Å². The molecule has 2 heterocycles. The van der Waals surface area contributed by atoms with Gasteiger partial charge in [-0.2, -0.15) is 0 Å². The van der Waals surface area contributed by atoms with Crippen molar-refractivity contribution in [2.24, 2.45) is 0 Å². The van der Waals surface area contributed by atoms with Crippen molar-refractivity contribution in [1.82, 2.24) is 9.55 Å². The monoisotopic (exact) mass is 400 g/mol. The second-order valence-electron chi connectivity index (χ2n) is 5.81. The van der Waals surface area contributed by atoms with Gasteiger partial charge in [0.15, 0.2) is 5.16 Å². The molecule has 1 atom stereocenters. The fraction of sp³-hybridized carbons (Fsp3) is 0.250. The molecule has 2 aromatic heterocycles. The molecular formula is C20H20N2O3S2. The highest BCUT2D eigenvalue weighted by molar-refractivity contribution is 8.00. The molecule has 3 rings (SSSR count). The molecular weight excluding hydrogens is 380 g/mol. The Kier molecular flexibility index (Phi) is 6.13. The van der Waals surface area contributed by atoms with Crippen LogP contribution in [0.25, 0.3) is 21.3 Å². The number of fused-ring (bicyclic) bond motifs is 1. The average Bonchev–Trinajstić information content (AvgIpc) is 3.10. The molecule has 5 nitrogen and oxygen atoms in total. The summed E-state index contributed by atoms with van der Waals surface area (Å²) < 4.78 is 6.63. The van der Waals surface area contributed by atoms with Crippen molar-refractivity contribution in [1.29, 1.82) is 0 Å². The minimum atomic E-state index is -0.459. The smallest absolute Gasteiger partial charge is 0.319 e. The van der Waals surface area contributed by atoms with E-state index < -0.39 is 5.25 Å². The second-order valence-corrected chi connectivity index (χ2v) is 7.97. The summed E-state index contributed by atoms with van der Waals surface area (Å²) in [6.07, 6.45) is 1.66. The molecule has 0 amide bonds. The highest BCUT2D eigenvalue weighted by Gasteiger charge is 2.22. The standard InChI is InChI=1S/C20H20N2O3S2/c1-4-11-22-18(23)16-15(14-9-7-6-8-10-14)12-26-17(16)21-20(22)27-13(3)19(24)25-5-2/h4,6-10,12-13H,1,5,11H2,2-3H3. The Morgan fingerprint density at radius 1 is 1.41 bits per heavy atom. The Morgan fingerprint density at radius 2 is 2.15 bits per heavy atom. The van der Waals surface area contributed by atoms with Gasteiger partial charge in [-0.25, -0.2) is 4.98 Å². The zero-order chi connectivity index (χ0) is 19.4. The summed E-state index contributed by atoms with van der Waals surface area (Å²) in [5, 5.41) is 2.59. The summed E-state index contributed by atoms with van der Waals surface area (Å²) in [6, 6.07) is 9.78. The Balaban J connectivity index is 2.11. The molecule has 0 aliphatic carbocycles. The first-order chi connectivity index (χ1) is 13.1. The van der Waals surface area contributed by atoms with Gasteiger partial charge in [0.05, 0.1) is 12.0 Å². The van der Waals surface area contributed by atoms with E-state index >= 15 is 0 Å². The molecule has 0 saturated carbocycles. The van der Waals surface area contributed by atoms with E-state index in [-0.39, 0.29) is 11.5 Å². The number of ether oxygens (including phenoxy) is 1. The number of nitrogens with zero attached hydrogens (tertiary/aromatic N) is 2. The fourth-order valence-electron chi connectivity index (χ4n) is 2.68. The number of esters is 1. The van der Waals surface area contributed by atoms with E-state index in [1.165, 1.54) is 23.1 Å². The van der Waals surface area contributed by atoms with Gasteiger partial charge in [0, 0.05) is 17.5 Å².